The van der Waals surface area contributed by atoms with E-state index in [1.807, 2.05) is 46.2 Å². The average molecular weight is 461 g/mol. The topological polar surface area (TPSA) is 55.9 Å². The summed E-state index contributed by atoms with van der Waals surface area (Å²) in [7, 11) is 0. The molecule has 2 heterocycles. The highest BCUT2D eigenvalue weighted by Crippen LogP contribution is 2.24. The van der Waals surface area contributed by atoms with Gasteiger partial charge in [0.1, 0.15) is 0 Å². The Morgan fingerprint density at radius 1 is 0.727 bits per heavy atom. The summed E-state index contributed by atoms with van der Waals surface area (Å²) in [4.78, 5) is 31.3. The minimum Gasteiger partial charge on any atom is -0.368 e. The Bertz CT molecular complexity index is 1130. The number of carbonyl (C=O) groups is 2. The van der Waals surface area contributed by atoms with Gasteiger partial charge in [-0.05, 0) is 59.7 Å². The Balaban J connectivity index is 1.14. The van der Waals surface area contributed by atoms with Crippen LogP contribution in [0.25, 0.3) is 0 Å². The number of rotatable bonds is 3. The van der Waals surface area contributed by atoms with E-state index in [4.69, 9.17) is 11.6 Å². The average Bonchev–Trinajstić information content (AvgIpc) is 3.29. The second kappa shape index (κ2) is 9.16. The number of nitrogens with one attached hydrogen (secondary N) is 1. The quantitative estimate of drug-likeness (QED) is 0.607. The number of piperazine rings is 1. The fraction of sp³-hybridized carbons (Fsp3) is 0.231. The molecule has 3 amide bonds. The van der Waals surface area contributed by atoms with Gasteiger partial charge in [0.25, 0.3) is 5.91 Å². The Hall–Kier alpha value is -3.51. The molecule has 3 aromatic rings. The predicted molar refractivity (Wildman–Crippen MR) is 131 cm³/mol. The van der Waals surface area contributed by atoms with E-state index in [0.29, 0.717) is 36.8 Å². The molecule has 2 aliphatic rings. The molecule has 0 aromatic heterocycles. The van der Waals surface area contributed by atoms with Gasteiger partial charge in [0, 0.05) is 61.2 Å². The summed E-state index contributed by atoms with van der Waals surface area (Å²) >= 11 is 5.92. The number of benzene rings is 3. The molecule has 0 radical (unpaired) electrons. The molecule has 0 atom stereocenters. The number of carbonyl (C=O) groups excluding carboxylic acids is 2. The van der Waals surface area contributed by atoms with Crippen LogP contribution in [0.2, 0.25) is 5.02 Å². The van der Waals surface area contributed by atoms with Crippen molar-refractivity contribution in [2.24, 2.45) is 0 Å². The number of urea groups is 1. The highest BCUT2D eigenvalue weighted by Gasteiger charge is 2.24. The number of halogens is 1. The van der Waals surface area contributed by atoms with Gasteiger partial charge in [0.2, 0.25) is 0 Å². The Kier molecular flexibility index (Phi) is 5.92. The first-order valence-electron chi connectivity index (χ1n) is 11.1. The standard InChI is InChI=1S/C26H25ClN4O2/c27-22-7-5-19(6-8-22)25(32)30-15-13-29(14-16-30)24-11-9-23(10-12-24)28-26(33)31-17-20-3-1-2-4-21(20)18-31/h1-12H,13-18H2,(H,28,33). The van der Waals surface area contributed by atoms with E-state index in [-0.39, 0.29) is 11.9 Å². The minimum atomic E-state index is -0.0896. The van der Waals surface area contributed by atoms with Gasteiger partial charge in [-0.3, -0.25) is 4.79 Å². The molecular formula is C26H25ClN4O2. The third-order valence-electron chi connectivity index (χ3n) is 6.27. The largest absolute Gasteiger partial charge is 0.368 e. The van der Waals surface area contributed by atoms with Crippen molar-refractivity contribution in [2.45, 2.75) is 13.1 Å². The van der Waals surface area contributed by atoms with Crippen LogP contribution in [0.3, 0.4) is 0 Å². The summed E-state index contributed by atoms with van der Waals surface area (Å²) in [5.74, 6) is 0.0356. The van der Waals surface area contributed by atoms with E-state index in [9.17, 15) is 9.59 Å². The van der Waals surface area contributed by atoms with E-state index in [1.165, 1.54) is 11.1 Å². The monoisotopic (exact) mass is 460 g/mol. The number of fused-ring (bicyclic) bond motifs is 1. The van der Waals surface area contributed by atoms with Crippen molar-refractivity contribution >= 4 is 34.9 Å². The van der Waals surface area contributed by atoms with Gasteiger partial charge in [-0.2, -0.15) is 0 Å². The molecule has 1 saturated heterocycles. The van der Waals surface area contributed by atoms with E-state index in [2.05, 4.69) is 22.3 Å². The molecule has 0 unspecified atom stereocenters. The van der Waals surface area contributed by atoms with Gasteiger partial charge >= 0.3 is 6.03 Å². The van der Waals surface area contributed by atoms with Crippen molar-refractivity contribution in [3.63, 3.8) is 0 Å². The highest BCUT2D eigenvalue weighted by molar-refractivity contribution is 6.30. The zero-order chi connectivity index (χ0) is 22.8. The van der Waals surface area contributed by atoms with Gasteiger partial charge in [-0.1, -0.05) is 35.9 Å². The summed E-state index contributed by atoms with van der Waals surface area (Å²) in [5, 5.41) is 3.63. The minimum absolute atomic E-state index is 0.0356. The van der Waals surface area contributed by atoms with Crippen molar-refractivity contribution in [1.29, 1.82) is 0 Å². The number of hydrogen-bond donors (Lipinski definition) is 1. The smallest absolute Gasteiger partial charge is 0.322 e. The molecule has 33 heavy (non-hydrogen) atoms. The molecule has 0 bridgehead atoms. The maximum atomic E-state index is 12.7. The molecular weight excluding hydrogens is 436 g/mol. The van der Waals surface area contributed by atoms with Crippen LogP contribution in [0.5, 0.6) is 0 Å². The van der Waals surface area contributed by atoms with Gasteiger partial charge in [-0.25, -0.2) is 4.79 Å². The van der Waals surface area contributed by atoms with Crippen LogP contribution in [0.4, 0.5) is 16.2 Å². The fourth-order valence-corrected chi connectivity index (χ4v) is 4.50. The molecule has 5 rings (SSSR count). The van der Waals surface area contributed by atoms with Crippen LogP contribution in [0.1, 0.15) is 21.5 Å². The maximum absolute atomic E-state index is 12.7. The fourth-order valence-electron chi connectivity index (χ4n) is 4.38. The molecule has 7 heteroatoms. The molecule has 0 saturated carbocycles. The van der Waals surface area contributed by atoms with Crippen molar-refractivity contribution in [1.82, 2.24) is 9.80 Å². The molecule has 3 aromatic carbocycles. The van der Waals surface area contributed by atoms with Crippen LogP contribution in [0.15, 0.2) is 72.8 Å². The molecule has 1 N–H and O–H groups in total. The van der Waals surface area contributed by atoms with Crippen LogP contribution < -0.4 is 10.2 Å². The SMILES string of the molecule is O=C(Nc1ccc(N2CCN(C(=O)c3ccc(Cl)cc3)CC2)cc1)N1Cc2ccccc2C1. The van der Waals surface area contributed by atoms with Crippen molar-refractivity contribution in [3.05, 3.63) is 94.5 Å². The van der Waals surface area contributed by atoms with Gasteiger partial charge in [0.05, 0.1) is 0 Å². The summed E-state index contributed by atoms with van der Waals surface area (Å²) < 4.78 is 0. The second-order valence-electron chi connectivity index (χ2n) is 8.39. The Morgan fingerprint density at radius 2 is 1.33 bits per heavy atom. The maximum Gasteiger partial charge on any atom is 0.322 e. The predicted octanol–water partition coefficient (Wildman–Crippen LogP) is 4.85. The summed E-state index contributed by atoms with van der Waals surface area (Å²) in [5.41, 5.74) is 4.93. The van der Waals surface area contributed by atoms with Crippen molar-refractivity contribution in [2.75, 3.05) is 36.4 Å². The number of hydrogen-bond acceptors (Lipinski definition) is 3. The zero-order valence-electron chi connectivity index (χ0n) is 18.2. The second-order valence-corrected chi connectivity index (χ2v) is 8.82. The molecule has 0 aliphatic carbocycles. The molecule has 168 valence electrons. The van der Waals surface area contributed by atoms with E-state index in [0.717, 1.165) is 24.5 Å². The molecule has 2 aliphatic heterocycles. The number of anilines is 2. The summed E-state index contributed by atoms with van der Waals surface area (Å²) in [6, 6.07) is 23.0. The molecule has 1 fully saturated rings. The van der Waals surface area contributed by atoms with Crippen LogP contribution in [0, 0.1) is 0 Å². The number of nitrogens with zero attached hydrogens (tertiary/aromatic N) is 3. The lowest BCUT2D eigenvalue weighted by Crippen LogP contribution is -2.48. The third-order valence-corrected chi connectivity index (χ3v) is 6.52. The molecule has 0 spiro atoms. The van der Waals surface area contributed by atoms with Gasteiger partial charge < -0.3 is 20.0 Å². The first-order valence-corrected chi connectivity index (χ1v) is 11.5. The Labute approximate surface area is 198 Å². The number of amides is 3. The van der Waals surface area contributed by atoms with Crippen molar-refractivity contribution in [3.8, 4) is 0 Å². The lowest BCUT2D eigenvalue weighted by atomic mass is 10.1. The van der Waals surface area contributed by atoms with Crippen molar-refractivity contribution < 1.29 is 9.59 Å². The van der Waals surface area contributed by atoms with Gasteiger partial charge in [0.15, 0.2) is 0 Å². The summed E-state index contributed by atoms with van der Waals surface area (Å²) in [6.45, 7) is 4.12. The Morgan fingerprint density at radius 3 is 1.94 bits per heavy atom. The lowest BCUT2D eigenvalue weighted by molar-refractivity contribution is 0.0747. The van der Waals surface area contributed by atoms with E-state index >= 15 is 0 Å². The van der Waals surface area contributed by atoms with Crippen LogP contribution in [-0.4, -0.2) is 47.9 Å². The zero-order valence-corrected chi connectivity index (χ0v) is 19.0. The van der Waals surface area contributed by atoms with E-state index < -0.39 is 0 Å². The van der Waals surface area contributed by atoms with Gasteiger partial charge in [-0.15, -0.1) is 0 Å². The molecule has 6 nitrogen and oxygen atoms in total. The first-order chi connectivity index (χ1) is 16.1. The van der Waals surface area contributed by atoms with E-state index in [1.54, 1.807) is 24.3 Å². The third kappa shape index (κ3) is 4.66. The van der Waals surface area contributed by atoms with Crippen LogP contribution >= 0.6 is 11.6 Å². The van der Waals surface area contributed by atoms with Crippen LogP contribution in [-0.2, 0) is 13.1 Å². The summed E-state index contributed by atoms with van der Waals surface area (Å²) in [6.07, 6.45) is 0. The normalized spacial score (nSPS) is 15.4. The highest BCUT2D eigenvalue weighted by atomic mass is 35.5. The lowest BCUT2D eigenvalue weighted by Gasteiger charge is -2.36. The first kappa shape index (κ1) is 21.3.